The number of nitrogens with two attached hydrogens (primary N) is 1. The topological polar surface area (TPSA) is 101 Å². The van der Waals surface area contributed by atoms with Gasteiger partial charge in [0.25, 0.3) is 0 Å². The fourth-order valence-electron chi connectivity index (χ4n) is 2.56. The minimum atomic E-state index is -0.351. The van der Waals surface area contributed by atoms with E-state index in [9.17, 15) is 14.4 Å². The molecule has 4 N–H and O–H groups in total. The minimum absolute atomic E-state index is 0.0474. The highest BCUT2D eigenvalue weighted by molar-refractivity contribution is 5.85. The van der Waals surface area contributed by atoms with Gasteiger partial charge in [0, 0.05) is 18.9 Å². The number of rotatable bonds is 10. The highest BCUT2D eigenvalue weighted by Crippen LogP contribution is 2.23. The summed E-state index contributed by atoms with van der Waals surface area (Å²) in [6.07, 6.45) is 1.55. The molecule has 6 nitrogen and oxygen atoms in total. The molecule has 0 fully saturated rings. The second-order valence-electron chi connectivity index (χ2n) is 7.22. The maximum absolute atomic E-state index is 12.1. The predicted octanol–water partition coefficient (Wildman–Crippen LogP) is 1.39. The first-order chi connectivity index (χ1) is 11.7. The zero-order chi connectivity index (χ0) is 18.9. The van der Waals surface area contributed by atoms with E-state index < -0.39 is 0 Å². The molecule has 3 amide bonds. The van der Waals surface area contributed by atoms with Gasteiger partial charge in [-0.1, -0.05) is 51.1 Å². The number of benzene rings is 1. The lowest BCUT2D eigenvalue weighted by molar-refractivity contribution is -0.128. The van der Waals surface area contributed by atoms with Crippen molar-refractivity contribution in [3.05, 3.63) is 35.9 Å². The molecule has 6 heteroatoms. The lowest BCUT2D eigenvalue weighted by atomic mass is 9.85. The van der Waals surface area contributed by atoms with Crippen molar-refractivity contribution in [2.24, 2.45) is 17.1 Å². The van der Waals surface area contributed by atoms with E-state index in [0.29, 0.717) is 19.4 Å². The molecule has 0 spiro atoms. The van der Waals surface area contributed by atoms with Gasteiger partial charge in [0.2, 0.25) is 17.7 Å². The Kier molecular flexibility index (Phi) is 8.11. The van der Waals surface area contributed by atoms with Crippen molar-refractivity contribution >= 4 is 17.7 Å². The van der Waals surface area contributed by atoms with Crippen LogP contribution in [-0.2, 0) is 20.8 Å². The van der Waals surface area contributed by atoms with E-state index in [4.69, 9.17) is 5.73 Å². The van der Waals surface area contributed by atoms with Crippen molar-refractivity contribution in [3.63, 3.8) is 0 Å². The second kappa shape index (κ2) is 9.81. The fraction of sp³-hybridized carbons (Fsp3) is 0.526. The first kappa shape index (κ1) is 20.7. The van der Waals surface area contributed by atoms with Gasteiger partial charge in [0.05, 0.1) is 6.54 Å². The van der Waals surface area contributed by atoms with Gasteiger partial charge in [-0.3, -0.25) is 14.4 Å². The van der Waals surface area contributed by atoms with E-state index in [0.717, 1.165) is 5.56 Å². The Morgan fingerprint density at radius 1 is 1.12 bits per heavy atom. The van der Waals surface area contributed by atoms with Gasteiger partial charge in [0.15, 0.2) is 0 Å². The third kappa shape index (κ3) is 8.88. The summed E-state index contributed by atoms with van der Waals surface area (Å²) in [7, 11) is 0. The van der Waals surface area contributed by atoms with Crippen molar-refractivity contribution in [1.82, 2.24) is 10.6 Å². The van der Waals surface area contributed by atoms with Crippen molar-refractivity contribution < 1.29 is 14.4 Å². The number of carbonyl (C=O) groups excluding carboxylic acids is 3. The molecule has 25 heavy (non-hydrogen) atoms. The summed E-state index contributed by atoms with van der Waals surface area (Å²) in [5, 5.41) is 5.41. The third-order valence-corrected chi connectivity index (χ3v) is 4.03. The van der Waals surface area contributed by atoms with Gasteiger partial charge in [-0.05, 0) is 23.8 Å². The molecule has 0 aliphatic carbocycles. The number of amides is 3. The summed E-state index contributed by atoms with van der Waals surface area (Å²) in [5.74, 6) is -0.941. The van der Waals surface area contributed by atoms with Crippen molar-refractivity contribution in [1.29, 1.82) is 0 Å². The molecule has 0 aliphatic rings. The molecule has 1 unspecified atom stereocenters. The van der Waals surface area contributed by atoms with E-state index >= 15 is 0 Å². The summed E-state index contributed by atoms with van der Waals surface area (Å²) in [4.78, 5) is 34.9. The standard InChI is InChI=1S/C19H29N3O3/c1-14(11-15-7-5-4-6-8-15)18(25)22-13-17(24)21-10-9-19(2,3)12-16(20)23/h4-8,14H,9-13H2,1-3H3,(H2,20,23)(H,21,24)(H,22,25). The summed E-state index contributed by atoms with van der Waals surface area (Å²) in [6.45, 7) is 6.09. The minimum Gasteiger partial charge on any atom is -0.370 e. The van der Waals surface area contributed by atoms with E-state index in [1.807, 2.05) is 51.1 Å². The van der Waals surface area contributed by atoms with Crippen molar-refractivity contribution in [2.45, 2.75) is 40.0 Å². The Labute approximate surface area is 149 Å². The van der Waals surface area contributed by atoms with E-state index in [1.165, 1.54) is 0 Å². The van der Waals surface area contributed by atoms with Gasteiger partial charge < -0.3 is 16.4 Å². The molecular weight excluding hydrogens is 318 g/mol. The van der Waals surface area contributed by atoms with Gasteiger partial charge in [-0.25, -0.2) is 0 Å². The second-order valence-corrected chi connectivity index (χ2v) is 7.22. The van der Waals surface area contributed by atoms with Gasteiger partial charge in [-0.2, -0.15) is 0 Å². The third-order valence-electron chi connectivity index (χ3n) is 4.03. The lowest BCUT2D eigenvalue weighted by Crippen LogP contribution is -2.40. The van der Waals surface area contributed by atoms with Crippen LogP contribution in [0.3, 0.4) is 0 Å². The molecule has 0 radical (unpaired) electrons. The molecule has 1 atom stereocenters. The van der Waals surface area contributed by atoms with Gasteiger partial charge >= 0.3 is 0 Å². The molecule has 1 aromatic carbocycles. The Bertz CT molecular complexity index is 585. The summed E-state index contributed by atoms with van der Waals surface area (Å²) < 4.78 is 0. The Balaban J connectivity index is 2.26. The number of primary amides is 1. The summed E-state index contributed by atoms with van der Waals surface area (Å²) in [5.41, 5.74) is 6.03. The Morgan fingerprint density at radius 2 is 1.76 bits per heavy atom. The smallest absolute Gasteiger partial charge is 0.239 e. The number of hydrogen-bond acceptors (Lipinski definition) is 3. The molecule has 1 rings (SSSR count). The Hall–Kier alpha value is -2.37. The highest BCUT2D eigenvalue weighted by Gasteiger charge is 2.20. The lowest BCUT2D eigenvalue weighted by Gasteiger charge is -2.22. The van der Waals surface area contributed by atoms with E-state index in [1.54, 1.807) is 0 Å². The average molecular weight is 347 g/mol. The predicted molar refractivity (Wildman–Crippen MR) is 97.5 cm³/mol. The molecule has 138 valence electrons. The van der Waals surface area contributed by atoms with E-state index in [-0.39, 0.29) is 42.0 Å². The highest BCUT2D eigenvalue weighted by atomic mass is 16.2. The maximum Gasteiger partial charge on any atom is 0.239 e. The molecule has 0 heterocycles. The zero-order valence-corrected chi connectivity index (χ0v) is 15.3. The van der Waals surface area contributed by atoms with Crippen LogP contribution in [0.15, 0.2) is 30.3 Å². The SMILES string of the molecule is CC(Cc1ccccc1)C(=O)NCC(=O)NCCC(C)(C)CC(N)=O. The number of nitrogens with one attached hydrogen (secondary N) is 2. The van der Waals surface area contributed by atoms with Crippen LogP contribution in [0.5, 0.6) is 0 Å². The van der Waals surface area contributed by atoms with Crippen LogP contribution in [0.25, 0.3) is 0 Å². The summed E-state index contributed by atoms with van der Waals surface area (Å²) in [6, 6.07) is 9.76. The number of carbonyl (C=O) groups is 3. The zero-order valence-electron chi connectivity index (χ0n) is 15.3. The van der Waals surface area contributed by atoms with Crippen LogP contribution in [0.1, 0.15) is 39.2 Å². The van der Waals surface area contributed by atoms with Crippen LogP contribution in [0.2, 0.25) is 0 Å². The molecule has 0 aromatic heterocycles. The van der Waals surface area contributed by atoms with Gasteiger partial charge in [0.1, 0.15) is 0 Å². The van der Waals surface area contributed by atoms with Gasteiger partial charge in [-0.15, -0.1) is 0 Å². The molecule has 0 bridgehead atoms. The number of hydrogen-bond donors (Lipinski definition) is 3. The molecule has 0 aliphatic heterocycles. The van der Waals surface area contributed by atoms with Crippen LogP contribution >= 0.6 is 0 Å². The van der Waals surface area contributed by atoms with Crippen LogP contribution in [0.4, 0.5) is 0 Å². The Morgan fingerprint density at radius 3 is 2.36 bits per heavy atom. The van der Waals surface area contributed by atoms with Crippen LogP contribution in [-0.4, -0.2) is 30.8 Å². The molecule has 0 saturated carbocycles. The van der Waals surface area contributed by atoms with Crippen molar-refractivity contribution in [2.75, 3.05) is 13.1 Å². The molecule has 1 aromatic rings. The monoisotopic (exact) mass is 347 g/mol. The quantitative estimate of drug-likeness (QED) is 0.596. The molecule has 0 saturated heterocycles. The van der Waals surface area contributed by atoms with Crippen LogP contribution in [0, 0.1) is 11.3 Å². The van der Waals surface area contributed by atoms with Crippen molar-refractivity contribution in [3.8, 4) is 0 Å². The maximum atomic E-state index is 12.1. The van der Waals surface area contributed by atoms with E-state index in [2.05, 4.69) is 10.6 Å². The van der Waals surface area contributed by atoms with Crippen LogP contribution < -0.4 is 16.4 Å². The summed E-state index contributed by atoms with van der Waals surface area (Å²) >= 11 is 0. The largest absolute Gasteiger partial charge is 0.370 e. The first-order valence-corrected chi connectivity index (χ1v) is 8.56. The normalized spacial score (nSPS) is 12.3. The fourth-order valence-corrected chi connectivity index (χ4v) is 2.56. The average Bonchev–Trinajstić information content (AvgIpc) is 2.52. The first-order valence-electron chi connectivity index (χ1n) is 8.56. The molecular formula is C19H29N3O3.